The quantitative estimate of drug-likeness (QED) is 0.704. The van der Waals surface area contributed by atoms with Gasteiger partial charge in [0.1, 0.15) is 0 Å². The second-order valence-electron chi connectivity index (χ2n) is 3.88. The standard InChI is InChI=1S/C12H15NO2/c1-13(15-2)12(14)11-8-10(11)9-6-4-3-5-7-9/h3-7,10-11H,8H2,1-2H3/t10-,11+/m1/s1. The Balaban J connectivity index is 2.00. The van der Waals surface area contributed by atoms with Gasteiger partial charge in [0, 0.05) is 13.0 Å². The molecule has 0 N–H and O–H groups in total. The number of benzene rings is 1. The van der Waals surface area contributed by atoms with Crippen molar-refractivity contribution < 1.29 is 9.63 Å². The Kier molecular flexibility index (Phi) is 2.73. The van der Waals surface area contributed by atoms with E-state index in [1.807, 2.05) is 18.2 Å². The second kappa shape index (κ2) is 4.03. The van der Waals surface area contributed by atoms with E-state index in [0.29, 0.717) is 5.92 Å². The molecule has 2 rings (SSSR count). The monoisotopic (exact) mass is 205 g/mol. The summed E-state index contributed by atoms with van der Waals surface area (Å²) in [4.78, 5) is 16.6. The molecular weight excluding hydrogens is 190 g/mol. The average molecular weight is 205 g/mol. The molecule has 80 valence electrons. The molecule has 0 aliphatic heterocycles. The summed E-state index contributed by atoms with van der Waals surface area (Å²) in [7, 11) is 3.17. The third kappa shape index (κ3) is 2.02. The molecule has 1 amide bonds. The molecular formula is C12H15NO2. The van der Waals surface area contributed by atoms with Crippen molar-refractivity contribution in [3.05, 3.63) is 35.9 Å². The van der Waals surface area contributed by atoms with Gasteiger partial charge in [-0.05, 0) is 17.9 Å². The number of amides is 1. The van der Waals surface area contributed by atoms with Crippen LogP contribution in [-0.2, 0) is 9.63 Å². The number of carbonyl (C=O) groups excluding carboxylic acids is 1. The topological polar surface area (TPSA) is 29.5 Å². The zero-order valence-electron chi connectivity index (χ0n) is 9.01. The molecule has 1 fully saturated rings. The van der Waals surface area contributed by atoms with Gasteiger partial charge in [-0.3, -0.25) is 9.63 Å². The SMILES string of the molecule is CON(C)C(=O)[C@H]1C[C@@H]1c1ccccc1. The Bertz CT molecular complexity index is 350. The van der Waals surface area contributed by atoms with E-state index in [9.17, 15) is 4.79 Å². The molecule has 3 nitrogen and oxygen atoms in total. The highest BCUT2D eigenvalue weighted by molar-refractivity contribution is 5.81. The molecule has 0 bridgehead atoms. The highest BCUT2D eigenvalue weighted by atomic mass is 16.7. The van der Waals surface area contributed by atoms with Gasteiger partial charge in [0.15, 0.2) is 0 Å². The summed E-state index contributed by atoms with van der Waals surface area (Å²) < 4.78 is 0. The lowest BCUT2D eigenvalue weighted by atomic mass is 10.1. The van der Waals surface area contributed by atoms with Crippen molar-refractivity contribution in [2.24, 2.45) is 5.92 Å². The predicted molar refractivity (Wildman–Crippen MR) is 57.1 cm³/mol. The first kappa shape index (κ1) is 10.2. The minimum atomic E-state index is 0.0753. The van der Waals surface area contributed by atoms with E-state index in [0.717, 1.165) is 6.42 Å². The summed E-state index contributed by atoms with van der Waals surface area (Å²) in [6.45, 7) is 0. The summed E-state index contributed by atoms with van der Waals surface area (Å²) in [5.41, 5.74) is 1.25. The summed E-state index contributed by atoms with van der Waals surface area (Å²) in [5.74, 6) is 0.569. The molecule has 0 spiro atoms. The third-order valence-electron chi connectivity index (χ3n) is 2.92. The Hall–Kier alpha value is -1.35. The van der Waals surface area contributed by atoms with Crippen LogP contribution in [0.5, 0.6) is 0 Å². The van der Waals surface area contributed by atoms with Crippen molar-refractivity contribution in [2.75, 3.05) is 14.2 Å². The van der Waals surface area contributed by atoms with E-state index >= 15 is 0 Å². The number of carbonyl (C=O) groups is 1. The van der Waals surface area contributed by atoms with E-state index in [4.69, 9.17) is 4.84 Å². The Morgan fingerprint density at radius 2 is 2.07 bits per heavy atom. The summed E-state index contributed by atoms with van der Waals surface area (Å²) in [6, 6.07) is 10.2. The van der Waals surface area contributed by atoms with Gasteiger partial charge in [0.25, 0.3) is 0 Å². The minimum absolute atomic E-state index is 0.0753. The number of hydrogen-bond acceptors (Lipinski definition) is 2. The van der Waals surface area contributed by atoms with Gasteiger partial charge >= 0.3 is 0 Å². The van der Waals surface area contributed by atoms with Gasteiger partial charge in [0.2, 0.25) is 5.91 Å². The number of hydroxylamine groups is 2. The molecule has 2 atom stereocenters. The molecule has 0 saturated heterocycles. The van der Waals surface area contributed by atoms with Crippen LogP contribution in [0.1, 0.15) is 17.9 Å². The van der Waals surface area contributed by atoms with Crippen LogP contribution < -0.4 is 0 Å². The summed E-state index contributed by atoms with van der Waals surface area (Å²) in [5, 5.41) is 1.31. The van der Waals surface area contributed by atoms with Crippen molar-refractivity contribution in [3.63, 3.8) is 0 Å². The van der Waals surface area contributed by atoms with E-state index in [-0.39, 0.29) is 11.8 Å². The van der Waals surface area contributed by atoms with Gasteiger partial charge in [-0.25, -0.2) is 5.06 Å². The molecule has 0 radical (unpaired) electrons. The molecule has 1 saturated carbocycles. The molecule has 0 heterocycles. The minimum Gasteiger partial charge on any atom is -0.275 e. The van der Waals surface area contributed by atoms with Crippen LogP contribution in [-0.4, -0.2) is 25.1 Å². The van der Waals surface area contributed by atoms with Crippen LogP contribution in [0.25, 0.3) is 0 Å². The fraction of sp³-hybridized carbons (Fsp3) is 0.417. The fourth-order valence-corrected chi connectivity index (χ4v) is 1.86. The van der Waals surface area contributed by atoms with E-state index in [2.05, 4.69) is 12.1 Å². The molecule has 1 aliphatic rings. The van der Waals surface area contributed by atoms with Crippen molar-refractivity contribution in [2.45, 2.75) is 12.3 Å². The Morgan fingerprint density at radius 3 is 2.67 bits per heavy atom. The van der Waals surface area contributed by atoms with Crippen LogP contribution in [0.15, 0.2) is 30.3 Å². The second-order valence-corrected chi connectivity index (χ2v) is 3.88. The van der Waals surface area contributed by atoms with Crippen LogP contribution in [0.3, 0.4) is 0 Å². The normalized spacial score (nSPS) is 23.6. The maximum absolute atomic E-state index is 11.7. The van der Waals surface area contributed by atoms with Crippen molar-refractivity contribution in [3.8, 4) is 0 Å². The number of rotatable bonds is 3. The number of nitrogens with zero attached hydrogens (tertiary/aromatic N) is 1. The molecule has 1 aliphatic carbocycles. The maximum atomic E-state index is 11.7. The van der Waals surface area contributed by atoms with Gasteiger partial charge in [0.05, 0.1) is 7.11 Å². The highest BCUT2D eigenvalue weighted by Crippen LogP contribution is 2.48. The number of hydrogen-bond donors (Lipinski definition) is 0. The Morgan fingerprint density at radius 1 is 1.40 bits per heavy atom. The van der Waals surface area contributed by atoms with E-state index < -0.39 is 0 Å². The van der Waals surface area contributed by atoms with E-state index in [1.54, 1.807) is 7.05 Å². The molecule has 0 aromatic heterocycles. The van der Waals surface area contributed by atoms with Crippen LogP contribution in [0, 0.1) is 5.92 Å². The van der Waals surface area contributed by atoms with Crippen molar-refractivity contribution >= 4 is 5.91 Å². The first-order chi connectivity index (χ1) is 7.24. The van der Waals surface area contributed by atoms with Gasteiger partial charge in [-0.2, -0.15) is 0 Å². The van der Waals surface area contributed by atoms with Gasteiger partial charge in [-0.1, -0.05) is 30.3 Å². The van der Waals surface area contributed by atoms with Crippen molar-refractivity contribution in [1.29, 1.82) is 0 Å². The lowest BCUT2D eigenvalue weighted by Gasteiger charge is -2.13. The summed E-state index contributed by atoms with van der Waals surface area (Å²) >= 11 is 0. The van der Waals surface area contributed by atoms with Crippen LogP contribution in [0.4, 0.5) is 0 Å². The van der Waals surface area contributed by atoms with E-state index in [1.165, 1.54) is 17.7 Å². The molecule has 1 aromatic rings. The zero-order chi connectivity index (χ0) is 10.8. The fourth-order valence-electron chi connectivity index (χ4n) is 1.86. The predicted octanol–water partition coefficient (Wildman–Crippen LogP) is 1.81. The smallest absolute Gasteiger partial charge is 0.249 e. The molecule has 0 unspecified atom stereocenters. The molecule has 1 aromatic carbocycles. The van der Waals surface area contributed by atoms with Crippen molar-refractivity contribution in [1.82, 2.24) is 5.06 Å². The lowest BCUT2D eigenvalue weighted by Crippen LogP contribution is -2.27. The maximum Gasteiger partial charge on any atom is 0.249 e. The van der Waals surface area contributed by atoms with Gasteiger partial charge in [-0.15, -0.1) is 0 Å². The summed E-state index contributed by atoms with van der Waals surface area (Å²) in [6.07, 6.45) is 0.941. The lowest BCUT2D eigenvalue weighted by molar-refractivity contribution is -0.170. The highest BCUT2D eigenvalue weighted by Gasteiger charge is 2.45. The van der Waals surface area contributed by atoms with Crippen LogP contribution >= 0.6 is 0 Å². The third-order valence-corrected chi connectivity index (χ3v) is 2.92. The first-order valence-corrected chi connectivity index (χ1v) is 5.10. The van der Waals surface area contributed by atoms with Gasteiger partial charge < -0.3 is 0 Å². The largest absolute Gasteiger partial charge is 0.275 e. The Labute approximate surface area is 89.6 Å². The molecule has 15 heavy (non-hydrogen) atoms. The zero-order valence-corrected chi connectivity index (χ0v) is 9.01. The first-order valence-electron chi connectivity index (χ1n) is 5.10. The molecule has 3 heteroatoms. The average Bonchev–Trinajstić information content (AvgIpc) is 3.08. The van der Waals surface area contributed by atoms with Crippen LogP contribution in [0.2, 0.25) is 0 Å².